The van der Waals surface area contributed by atoms with Crippen LogP contribution < -0.4 is 16.0 Å². The van der Waals surface area contributed by atoms with Crippen molar-refractivity contribution in [2.75, 3.05) is 22.5 Å². The molecule has 2 atom stereocenters. The Balaban J connectivity index is 1.44. The summed E-state index contributed by atoms with van der Waals surface area (Å²) < 4.78 is 5.33. The fourth-order valence-corrected chi connectivity index (χ4v) is 3.22. The summed E-state index contributed by atoms with van der Waals surface area (Å²) in [4.78, 5) is 30.1. The number of aliphatic hydroxyl groups is 1. The molecule has 4 rings (SSSR count). The number of pyridine rings is 1. The Hall–Kier alpha value is -3.91. The van der Waals surface area contributed by atoms with Gasteiger partial charge in [0.05, 0.1) is 17.9 Å². The molecule has 4 N–H and O–H groups in total. The van der Waals surface area contributed by atoms with Crippen LogP contribution >= 0.6 is 0 Å². The molecule has 1 fully saturated rings. The lowest BCUT2D eigenvalue weighted by Crippen LogP contribution is -2.27. The molecule has 1 aliphatic rings. The number of hydrogen-bond donors (Lipinski definition) is 3. The van der Waals surface area contributed by atoms with E-state index in [9.17, 15) is 14.7 Å². The Morgan fingerprint density at radius 2 is 1.93 bits per heavy atom. The van der Waals surface area contributed by atoms with Crippen LogP contribution in [0.1, 0.15) is 22.0 Å². The van der Waals surface area contributed by atoms with Gasteiger partial charge in [0.2, 0.25) is 0 Å². The summed E-state index contributed by atoms with van der Waals surface area (Å²) in [5.74, 6) is -0.312. The van der Waals surface area contributed by atoms with Crippen molar-refractivity contribution in [3.05, 3.63) is 84.2 Å². The van der Waals surface area contributed by atoms with Crippen molar-refractivity contribution in [2.24, 2.45) is 0 Å². The number of benzene rings is 2. The minimum absolute atomic E-state index is 0.182. The van der Waals surface area contributed by atoms with Gasteiger partial charge in [0.25, 0.3) is 5.91 Å². The summed E-state index contributed by atoms with van der Waals surface area (Å²) in [5.41, 5.74) is 8.41. The molecule has 8 heteroatoms. The molecule has 2 unspecified atom stereocenters. The molecular weight excluding hydrogens is 384 g/mol. The molecule has 0 spiro atoms. The topological polar surface area (TPSA) is 118 Å². The highest BCUT2D eigenvalue weighted by Crippen LogP contribution is 2.28. The standard InChI is InChI=1S/C22H20N4O4/c23-17-5-1-2-6-18(17)25-21(28)14-7-9-16(10-8-14)26-13-19(30-22(26)29)20(27)15-4-3-11-24-12-15/h1-12,19-20,27H,13,23H2,(H,25,28). The van der Waals surface area contributed by atoms with Crippen molar-refractivity contribution in [3.8, 4) is 0 Å². The molecule has 2 heterocycles. The first kappa shape index (κ1) is 19.4. The van der Waals surface area contributed by atoms with Gasteiger partial charge in [-0.25, -0.2) is 4.79 Å². The number of rotatable bonds is 5. The molecule has 1 saturated heterocycles. The summed E-state index contributed by atoms with van der Waals surface area (Å²) in [7, 11) is 0. The summed E-state index contributed by atoms with van der Waals surface area (Å²) in [5, 5.41) is 13.2. The van der Waals surface area contributed by atoms with E-state index >= 15 is 0 Å². The third-order valence-electron chi connectivity index (χ3n) is 4.86. The van der Waals surface area contributed by atoms with E-state index in [2.05, 4.69) is 10.3 Å². The van der Waals surface area contributed by atoms with Gasteiger partial charge >= 0.3 is 6.09 Å². The minimum atomic E-state index is -0.978. The SMILES string of the molecule is Nc1ccccc1NC(=O)c1ccc(N2CC(C(O)c3cccnc3)OC2=O)cc1. The maximum atomic E-state index is 12.5. The molecule has 2 amide bonds. The maximum absolute atomic E-state index is 12.5. The lowest BCUT2D eigenvalue weighted by Gasteiger charge is -2.17. The molecule has 8 nitrogen and oxygen atoms in total. The predicted molar refractivity (Wildman–Crippen MR) is 112 cm³/mol. The average Bonchev–Trinajstić information content (AvgIpc) is 3.17. The van der Waals surface area contributed by atoms with Gasteiger partial charge in [-0.05, 0) is 42.5 Å². The van der Waals surface area contributed by atoms with Gasteiger partial charge in [0.15, 0.2) is 6.10 Å². The number of para-hydroxylation sites is 2. The Morgan fingerprint density at radius 3 is 2.63 bits per heavy atom. The van der Waals surface area contributed by atoms with E-state index < -0.39 is 18.3 Å². The van der Waals surface area contributed by atoms with Gasteiger partial charge in [0, 0.05) is 29.2 Å². The largest absolute Gasteiger partial charge is 0.441 e. The predicted octanol–water partition coefficient (Wildman–Crippen LogP) is 2.97. The number of nitrogens with one attached hydrogen (secondary N) is 1. The first-order chi connectivity index (χ1) is 14.5. The van der Waals surface area contributed by atoms with Crippen molar-refractivity contribution < 1.29 is 19.4 Å². The molecule has 152 valence electrons. The molecule has 0 bridgehead atoms. The summed E-state index contributed by atoms with van der Waals surface area (Å²) in [6.07, 6.45) is 0.887. The van der Waals surface area contributed by atoms with Crippen LogP contribution in [0.4, 0.5) is 21.9 Å². The van der Waals surface area contributed by atoms with Crippen molar-refractivity contribution >= 4 is 29.1 Å². The zero-order chi connectivity index (χ0) is 21.1. The Labute approximate surface area is 172 Å². The van der Waals surface area contributed by atoms with Crippen LogP contribution in [0.5, 0.6) is 0 Å². The summed E-state index contributed by atoms with van der Waals surface area (Å²) in [6.45, 7) is 0.182. The van der Waals surface area contributed by atoms with Crippen LogP contribution in [0.15, 0.2) is 73.1 Å². The van der Waals surface area contributed by atoms with Crippen molar-refractivity contribution in [2.45, 2.75) is 12.2 Å². The van der Waals surface area contributed by atoms with Crippen LogP contribution in [-0.4, -0.2) is 34.7 Å². The Bertz CT molecular complexity index is 1060. The molecule has 3 aromatic rings. The number of carbonyl (C=O) groups excluding carboxylic acids is 2. The van der Waals surface area contributed by atoms with E-state index in [1.165, 1.54) is 11.1 Å². The van der Waals surface area contributed by atoms with Gasteiger partial charge in [-0.1, -0.05) is 18.2 Å². The maximum Gasteiger partial charge on any atom is 0.414 e. The number of carbonyl (C=O) groups is 2. The number of aromatic nitrogens is 1. The van der Waals surface area contributed by atoms with Gasteiger partial charge in [-0.15, -0.1) is 0 Å². The lowest BCUT2D eigenvalue weighted by atomic mass is 10.1. The smallest absolute Gasteiger partial charge is 0.414 e. The molecule has 0 radical (unpaired) electrons. The van der Waals surface area contributed by atoms with Crippen molar-refractivity contribution in [1.29, 1.82) is 0 Å². The Kier molecular flexibility index (Phi) is 5.32. The first-order valence-electron chi connectivity index (χ1n) is 9.35. The number of hydrogen-bond acceptors (Lipinski definition) is 6. The number of amides is 2. The van der Waals surface area contributed by atoms with Crippen LogP contribution in [0.3, 0.4) is 0 Å². The zero-order valence-corrected chi connectivity index (χ0v) is 15.9. The monoisotopic (exact) mass is 404 g/mol. The molecule has 2 aromatic carbocycles. The number of nitrogen functional groups attached to an aromatic ring is 1. The second kappa shape index (κ2) is 8.22. The van der Waals surface area contributed by atoms with E-state index in [0.717, 1.165) is 0 Å². The van der Waals surface area contributed by atoms with E-state index in [0.29, 0.717) is 28.2 Å². The van der Waals surface area contributed by atoms with E-state index in [1.54, 1.807) is 66.9 Å². The van der Waals surface area contributed by atoms with Crippen LogP contribution in [0.25, 0.3) is 0 Å². The second-order valence-electron chi connectivity index (χ2n) is 6.85. The van der Waals surface area contributed by atoms with Crippen LogP contribution in [-0.2, 0) is 4.74 Å². The highest BCUT2D eigenvalue weighted by atomic mass is 16.6. The fraction of sp³-hybridized carbons (Fsp3) is 0.136. The number of aliphatic hydroxyl groups excluding tert-OH is 1. The van der Waals surface area contributed by atoms with Crippen LogP contribution in [0.2, 0.25) is 0 Å². The lowest BCUT2D eigenvalue weighted by molar-refractivity contribution is 0.0317. The quantitative estimate of drug-likeness (QED) is 0.563. The number of anilines is 3. The number of nitrogens with two attached hydrogens (primary N) is 1. The van der Waals surface area contributed by atoms with Gasteiger partial charge in [-0.3, -0.25) is 14.7 Å². The molecule has 1 aromatic heterocycles. The number of cyclic esters (lactones) is 1. The molecule has 30 heavy (non-hydrogen) atoms. The van der Waals surface area contributed by atoms with Gasteiger partial charge in [-0.2, -0.15) is 0 Å². The minimum Gasteiger partial charge on any atom is -0.441 e. The first-order valence-corrected chi connectivity index (χ1v) is 9.35. The number of nitrogens with zero attached hydrogens (tertiary/aromatic N) is 2. The summed E-state index contributed by atoms with van der Waals surface area (Å²) in [6, 6.07) is 17.0. The zero-order valence-electron chi connectivity index (χ0n) is 15.9. The molecular formula is C22H20N4O4. The normalized spacial score (nSPS) is 16.8. The third-order valence-corrected chi connectivity index (χ3v) is 4.86. The second-order valence-corrected chi connectivity index (χ2v) is 6.85. The van der Waals surface area contributed by atoms with Crippen molar-refractivity contribution in [1.82, 2.24) is 4.98 Å². The molecule has 0 saturated carbocycles. The van der Waals surface area contributed by atoms with E-state index in [1.807, 2.05) is 0 Å². The highest BCUT2D eigenvalue weighted by molar-refractivity contribution is 6.06. The van der Waals surface area contributed by atoms with Crippen molar-refractivity contribution in [3.63, 3.8) is 0 Å². The third kappa shape index (κ3) is 3.94. The molecule has 1 aliphatic heterocycles. The van der Waals surface area contributed by atoms with Gasteiger partial charge < -0.3 is 20.9 Å². The van der Waals surface area contributed by atoms with E-state index in [-0.39, 0.29) is 12.5 Å². The number of ether oxygens (including phenoxy) is 1. The summed E-state index contributed by atoms with van der Waals surface area (Å²) >= 11 is 0. The highest BCUT2D eigenvalue weighted by Gasteiger charge is 2.37. The van der Waals surface area contributed by atoms with E-state index in [4.69, 9.17) is 10.5 Å². The Morgan fingerprint density at radius 1 is 1.17 bits per heavy atom. The molecule has 0 aliphatic carbocycles. The average molecular weight is 404 g/mol. The van der Waals surface area contributed by atoms with Crippen LogP contribution in [0, 0.1) is 0 Å². The van der Waals surface area contributed by atoms with Gasteiger partial charge in [0.1, 0.15) is 6.10 Å². The fourth-order valence-electron chi connectivity index (χ4n) is 3.22.